The van der Waals surface area contributed by atoms with Gasteiger partial charge in [-0.05, 0) is 61.0 Å². The standard InChI is InChI=1S/C23H19N5O3/c1-3-19(29)26-16-10-6-15(7-11-16)23(30)27-17-8-4-14(5-9-17)18-12-13(2)25-22-20(18)21(24)31-28-22/h3-12H,1,24H2,2H3,(H,26,29)(H,27,30). The number of benzene rings is 2. The first-order valence-corrected chi connectivity index (χ1v) is 9.42. The second-order valence-corrected chi connectivity index (χ2v) is 6.86. The number of aryl methyl sites for hydroxylation is 1. The average molecular weight is 413 g/mol. The van der Waals surface area contributed by atoms with Crippen molar-refractivity contribution >= 4 is 40.1 Å². The number of pyridine rings is 1. The predicted octanol–water partition coefficient (Wildman–Crippen LogP) is 4.16. The molecule has 0 fully saturated rings. The van der Waals surface area contributed by atoms with Crippen molar-refractivity contribution in [2.45, 2.75) is 6.92 Å². The molecule has 4 N–H and O–H groups in total. The molecule has 2 amide bonds. The summed E-state index contributed by atoms with van der Waals surface area (Å²) < 4.78 is 5.07. The number of anilines is 3. The number of fused-ring (bicyclic) bond motifs is 1. The molecule has 0 aliphatic heterocycles. The molecule has 2 aromatic carbocycles. The van der Waals surface area contributed by atoms with E-state index in [4.69, 9.17) is 10.3 Å². The Morgan fingerprint density at radius 3 is 2.35 bits per heavy atom. The Balaban J connectivity index is 1.52. The van der Waals surface area contributed by atoms with Crippen LogP contribution in [0.25, 0.3) is 22.2 Å². The third kappa shape index (κ3) is 4.13. The van der Waals surface area contributed by atoms with Gasteiger partial charge in [0.05, 0.1) is 5.39 Å². The van der Waals surface area contributed by atoms with Crippen LogP contribution in [0.4, 0.5) is 17.3 Å². The molecule has 4 aromatic rings. The van der Waals surface area contributed by atoms with E-state index < -0.39 is 0 Å². The fourth-order valence-electron chi connectivity index (χ4n) is 3.17. The van der Waals surface area contributed by atoms with Crippen LogP contribution in [-0.2, 0) is 4.79 Å². The maximum Gasteiger partial charge on any atom is 0.255 e. The van der Waals surface area contributed by atoms with Crippen molar-refractivity contribution in [2.75, 3.05) is 16.4 Å². The van der Waals surface area contributed by atoms with E-state index >= 15 is 0 Å². The lowest BCUT2D eigenvalue weighted by Gasteiger charge is -2.09. The Morgan fingerprint density at radius 2 is 1.68 bits per heavy atom. The Kier molecular flexibility index (Phi) is 5.19. The van der Waals surface area contributed by atoms with Crippen molar-refractivity contribution in [3.63, 3.8) is 0 Å². The van der Waals surface area contributed by atoms with Crippen molar-refractivity contribution in [2.24, 2.45) is 0 Å². The normalized spacial score (nSPS) is 10.6. The average Bonchev–Trinajstić information content (AvgIpc) is 3.14. The first-order chi connectivity index (χ1) is 14.9. The van der Waals surface area contributed by atoms with Gasteiger partial charge in [-0.2, -0.15) is 0 Å². The molecule has 8 nitrogen and oxygen atoms in total. The highest BCUT2D eigenvalue weighted by Crippen LogP contribution is 2.33. The molecule has 0 radical (unpaired) electrons. The highest BCUT2D eigenvalue weighted by molar-refractivity contribution is 6.05. The van der Waals surface area contributed by atoms with Gasteiger partial charge >= 0.3 is 0 Å². The summed E-state index contributed by atoms with van der Waals surface area (Å²) in [5.41, 5.74) is 10.6. The number of hydrogen-bond acceptors (Lipinski definition) is 6. The molecule has 2 aromatic heterocycles. The Hall–Kier alpha value is -4.46. The first kappa shape index (κ1) is 19.8. The third-order valence-electron chi connectivity index (χ3n) is 4.66. The van der Waals surface area contributed by atoms with E-state index in [0.29, 0.717) is 28.0 Å². The van der Waals surface area contributed by atoms with E-state index in [1.165, 1.54) is 6.08 Å². The summed E-state index contributed by atoms with van der Waals surface area (Å²) in [6, 6.07) is 15.8. The fraction of sp³-hybridized carbons (Fsp3) is 0.0435. The topological polar surface area (TPSA) is 123 Å². The molecule has 154 valence electrons. The Bertz CT molecular complexity index is 1290. The molecule has 2 heterocycles. The van der Waals surface area contributed by atoms with Crippen LogP contribution in [0.2, 0.25) is 0 Å². The molecule has 0 spiro atoms. The van der Waals surface area contributed by atoms with E-state index in [-0.39, 0.29) is 17.7 Å². The summed E-state index contributed by atoms with van der Waals surface area (Å²) in [6.45, 7) is 5.27. The molecular formula is C23H19N5O3. The first-order valence-electron chi connectivity index (χ1n) is 9.42. The highest BCUT2D eigenvalue weighted by atomic mass is 16.5. The summed E-state index contributed by atoms with van der Waals surface area (Å²) >= 11 is 0. The lowest BCUT2D eigenvalue weighted by atomic mass is 10.0. The van der Waals surface area contributed by atoms with E-state index in [9.17, 15) is 9.59 Å². The van der Waals surface area contributed by atoms with Gasteiger partial charge < -0.3 is 20.9 Å². The summed E-state index contributed by atoms with van der Waals surface area (Å²) in [4.78, 5) is 28.2. The molecule has 0 bridgehead atoms. The van der Waals surface area contributed by atoms with Gasteiger partial charge in [0.2, 0.25) is 17.4 Å². The molecule has 4 rings (SSSR count). The molecule has 0 atom stereocenters. The summed E-state index contributed by atoms with van der Waals surface area (Å²) in [6.07, 6.45) is 1.18. The van der Waals surface area contributed by atoms with Crippen LogP contribution in [0.3, 0.4) is 0 Å². The lowest BCUT2D eigenvalue weighted by molar-refractivity contribution is -0.111. The van der Waals surface area contributed by atoms with Crippen LogP contribution in [0.1, 0.15) is 16.1 Å². The number of rotatable bonds is 5. The van der Waals surface area contributed by atoms with E-state index in [0.717, 1.165) is 16.8 Å². The van der Waals surface area contributed by atoms with Crippen LogP contribution in [0.15, 0.2) is 71.8 Å². The minimum atomic E-state index is -0.313. The zero-order chi connectivity index (χ0) is 22.0. The minimum Gasteiger partial charge on any atom is -0.367 e. The van der Waals surface area contributed by atoms with Gasteiger partial charge in [-0.1, -0.05) is 23.9 Å². The second kappa shape index (κ2) is 8.11. The van der Waals surface area contributed by atoms with Crippen molar-refractivity contribution in [1.82, 2.24) is 10.1 Å². The molecule has 8 heteroatoms. The monoisotopic (exact) mass is 413 g/mol. The van der Waals surface area contributed by atoms with Crippen LogP contribution < -0.4 is 16.4 Å². The van der Waals surface area contributed by atoms with Crippen molar-refractivity contribution < 1.29 is 14.1 Å². The molecule has 31 heavy (non-hydrogen) atoms. The maximum absolute atomic E-state index is 12.5. The van der Waals surface area contributed by atoms with Gasteiger partial charge in [0.15, 0.2) is 0 Å². The molecule has 0 saturated carbocycles. The maximum atomic E-state index is 12.5. The zero-order valence-electron chi connectivity index (χ0n) is 16.7. The van der Waals surface area contributed by atoms with Crippen LogP contribution >= 0.6 is 0 Å². The van der Waals surface area contributed by atoms with E-state index in [1.54, 1.807) is 36.4 Å². The largest absolute Gasteiger partial charge is 0.367 e. The SMILES string of the molecule is C=CC(=O)Nc1ccc(C(=O)Nc2ccc(-c3cc(C)nc4noc(N)c34)cc2)cc1. The highest BCUT2D eigenvalue weighted by Gasteiger charge is 2.14. The van der Waals surface area contributed by atoms with Crippen LogP contribution in [-0.4, -0.2) is 22.0 Å². The minimum absolute atomic E-state index is 0.211. The van der Waals surface area contributed by atoms with Gasteiger partial charge in [-0.3, -0.25) is 9.59 Å². The van der Waals surface area contributed by atoms with Gasteiger partial charge in [-0.15, -0.1) is 0 Å². The molecule has 0 saturated heterocycles. The van der Waals surface area contributed by atoms with Gasteiger partial charge in [0.25, 0.3) is 5.91 Å². The van der Waals surface area contributed by atoms with Gasteiger partial charge in [0.1, 0.15) is 0 Å². The second-order valence-electron chi connectivity index (χ2n) is 6.86. The summed E-state index contributed by atoms with van der Waals surface area (Å²) in [5.74, 6) is -0.366. The lowest BCUT2D eigenvalue weighted by Crippen LogP contribution is -2.12. The molecule has 0 unspecified atom stereocenters. The number of nitrogens with two attached hydrogens (primary N) is 1. The Morgan fingerprint density at radius 1 is 1.03 bits per heavy atom. The van der Waals surface area contributed by atoms with Gasteiger partial charge in [-0.25, -0.2) is 4.98 Å². The number of hydrogen-bond donors (Lipinski definition) is 3. The number of nitrogen functional groups attached to an aromatic ring is 1. The summed E-state index contributed by atoms with van der Waals surface area (Å²) in [5, 5.41) is 10.0. The number of carbonyl (C=O) groups excluding carboxylic acids is 2. The fourth-order valence-corrected chi connectivity index (χ4v) is 3.17. The van der Waals surface area contributed by atoms with E-state index in [2.05, 4.69) is 27.4 Å². The van der Waals surface area contributed by atoms with Gasteiger partial charge in [0, 0.05) is 28.2 Å². The molecule has 0 aliphatic rings. The van der Waals surface area contributed by atoms with Crippen LogP contribution in [0, 0.1) is 6.92 Å². The van der Waals surface area contributed by atoms with Crippen molar-refractivity contribution in [3.05, 3.63) is 78.5 Å². The quantitative estimate of drug-likeness (QED) is 0.422. The summed E-state index contributed by atoms with van der Waals surface area (Å²) in [7, 11) is 0. The Labute approximate surface area is 177 Å². The zero-order valence-corrected chi connectivity index (χ0v) is 16.7. The van der Waals surface area contributed by atoms with Crippen molar-refractivity contribution in [3.8, 4) is 11.1 Å². The smallest absolute Gasteiger partial charge is 0.255 e. The van der Waals surface area contributed by atoms with Crippen LogP contribution in [0.5, 0.6) is 0 Å². The van der Waals surface area contributed by atoms with E-state index in [1.807, 2.05) is 25.1 Å². The number of amides is 2. The number of nitrogens with one attached hydrogen (secondary N) is 2. The number of aromatic nitrogens is 2. The number of carbonyl (C=O) groups is 2. The molecule has 0 aliphatic carbocycles. The predicted molar refractivity (Wildman–Crippen MR) is 120 cm³/mol. The molecular weight excluding hydrogens is 394 g/mol. The van der Waals surface area contributed by atoms with Crippen molar-refractivity contribution in [1.29, 1.82) is 0 Å². The third-order valence-corrected chi connectivity index (χ3v) is 4.66. The number of nitrogens with zero attached hydrogens (tertiary/aromatic N) is 2.